The average Bonchev–Trinajstić information content (AvgIpc) is 3.15. The standard InChI is InChI=1S/C30H27ClN2O3/c1-2-3-15-23(28(34)32-18-10-8-9-17(31)16-18)33-29(35)26-24-19-11-4-5-12-20(19)25(27(26)30(33)36)22-14-7-6-13-21(22)24/h4-14,16,23-27H,2-3,15H2,1H3,(H,32,34)/t23-,24?,25?,26-,27-/m0/s1. The molecule has 182 valence electrons. The summed E-state index contributed by atoms with van der Waals surface area (Å²) in [5.41, 5.74) is 5.04. The van der Waals surface area contributed by atoms with Crippen molar-refractivity contribution in [2.24, 2.45) is 11.8 Å². The highest BCUT2D eigenvalue weighted by Crippen LogP contribution is 2.61. The summed E-state index contributed by atoms with van der Waals surface area (Å²) in [5, 5.41) is 3.40. The van der Waals surface area contributed by atoms with Crippen LogP contribution in [0.2, 0.25) is 5.02 Å². The summed E-state index contributed by atoms with van der Waals surface area (Å²) in [6.07, 6.45) is 2.01. The van der Waals surface area contributed by atoms with Gasteiger partial charge in [-0.2, -0.15) is 0 Å². The third kappa shape index (κ3) is 3.40. The first-order valence-electron chi connectivity index (χ1n) is 12.6. The van der Waals surface area contributed by atoms with Crippen LogP contribution in [0.1, 0.15) is 60.3 Å². The predicted molar refractivity (Wildman–Crippen MR) is 139 cm³/mol. The van der Waals surface area contributed by atoms with Crippen molar-refractivity contribution in [3.63, 3.8) is 0 Å². The van der Waals surface area contributed by atoms with Crippen LogP contribution >= 0.6 is 11.6 Å². The first-order chi connectivity index (χ1) is 17.5. The van der Waals surface area contributed by atoms with E-state index < -0.39 is 17.9 Å². The van der Waals surface area contributed by atoms with Gasteiger partial charge in [0.25, 0.3) is 0 Å². The van der Waals surface area contributed by atoms with Crippen LogP contribution in [0.25, 0.3) is 0 Å². The molecule has 0 unspecified atom stereocenters. The SMILES string of the molecule is CCCC[C@@H](C(=O)Nc1cccc(Cl)c1)N1C(=O)[C@H]2C3c4ccccc4C(c4ccccc43)[C@@H]2C1=O. The molecule has 1 fully saturated rings. The Hall–Kier alpha value is -3.44. The van der Waals surface area contributed by atoms with Crippen LogP contribution in [0.15, 0.2) is 72.8 Å². The highest BCUT2D eigenvalue weighted by Gasteiger charge is 2.62. The lowest BCUT2D eigenvalue weighted by atomic mass is 9.55. The highest BCUT2D eigenvalue weighted by atomic mass is 35.5. The van der Waals surface area contributed by atoms with Gasteiger partial charge in [-0.25, -0.2) is 0 Å². The minimum absolute atomic E-state index is 0.184. The number of likely N-dealkylation sites (tertiary alicyclic amines) is 1. The first-order valence-corrected chi connectivity index (χ1v) is 13.0. The lowest BCUT2D eigenvalue weighted by Crippen LogP contribution is -2.48. The molecule has 0 aromatic heterocycles. The Labute approximate surface area is 215 Å². The molecule has 0 radical (unpaired) electrons. The second-order valence-corrected chi connectivity index (χ2v) is 10.4. The monoisotopic (exact) mass is 498 g/mol. The van der Waals surface area contributed by atoms with Crippen LogP contribution in [-0.2, 0) is 14.4 Å². The quantitative estimate of drug-likeness (QED) is 0.441. The van der Waals surface area contributed by atoms with Crippen LogP contribution in [-0.4, -0.2) is 28.7 Å². The number of rotatable bonds is 6. The minimum Gasteiger partial charge on any atom is -0.324 e. The molecule has 7 rings (SSSR count). The minimum atomic E-state index is -0.861. The maximum Gasteiger partial charge on any atom is 0.247 e. The van der Waals surface area contributed by atoms with Crippen LogP contribution in [0.3, 0.4) is 0 Å². The maximum absolute atomic E-state index is 14.1. The highest BCUT2D eigenvalue weighted by molar-refractivity contribution is 6.31. The molecule has 0 spiro atoms. The number of hydrogen-bond donors (Lipinski definition) is 1. The first kappa shape index (κ1) is 23.0. The van der Waals surface area contributed by atoms with E-state index in [1.807, 2.05) is 31.2 Å². The van der Waals surface area contributed by atoms with E-state index in [4.69, 9.17) is 11.6 Å². The molecular formula is C30H27ClN2O3. The van der Waals surface area contributed by atoms with Crippen molar-refractivity contribution in [3.8, 4) is 0 Å². The second kappa shape index (κ2) is 8.90. The van der Waals surface area contributed by atoms with E-state index >= 15 is 0 Å². The van der Waals surface area contributed by atoms with Gasteiger partial charge in [-0.15, -0.1) is 0 Å². The van der Waals surface area contributed by atoms with Gasteiger partial charge in [0.1, 0.15) is 6.04 Å². The van der Waals surface area contributed by atoms with Gasteiger partial charge in [-0.05, 0) is 46.9 Å². The van der Waals surface area contributed by atoms with Crippen LogP contribution in [0.5, 0.6) is 0 Å². The molecule has 0 saturated carbocycles. The Morgan fingerprint density at radius 3 is 1.86 bits per heavy atom. The number of amides is 3. The smallest absolute Gasteiger partial charge is 0.247 e. The third-order valence-electron chi connectivity index (χ3n) is 8.02. The summed E-state index contributed by atoms with van der Waals surface area (Å²) in [4.78, 5) is 43.0. The van der Waals surface area contributed by atoms with E-state index in [2.05, 4.69) is 29.6 Å². The Morgan fingerprint density at radius 1 is 0.861 bits per heavy atom. The number of benzene rings is 3. The number of hydrogen-bond acceptors (Lipinski definition) is 3. The number of carbonyl (C=O) groups is 3. The Kier molecular flexibility index (Phi) is 5.68. The van der Waals surface area contributed by atoms with E-state index in [0.717, 1.165) is 35.1 Å². The van der Waals surface area contributed by atoms with Crippen LogP contribution in [0, 0.1) is 11.8 Å². The number of nitrogens with zero attached hydrogens (tertiary/aromatic N) is 1. The van der Waals surface area contributed by atoms with Crippen molar-refractivity contribution >= 4 is 35.0 Å². The molecule has 3 atom stereocenters. The van der Waals surface area contributed by atoms with Crippen LogP contribution in [0.4, 0.5) is 5.69 Å². The number of carbonyl (C=O) groups excluding carboxylic acids is 3. The third-order valence-corrected chi connectivity index (χ3v) is 8.26. The summed E-state index contributed by atoms with van der Waals surface area (Å²) < 4.78 is 0. The topological polar surface area (TPSA) is 66.5 Å². The summed E-state index contributed by atoms with van der Waals surface area (Å²) in [7, 11) is 0. The zero-order valence-corrected chi connectivity index (χ0v) is 20.7. The number of anilines is 1. The lowest BCUT2D eigenvalue weighted by Gasteiger charge is -2.45. The molecular weight excluding hydrogens is 472 g/mol. The molecule has 6 heteroatoms. The zero-order valence-electron chi connectivity index (χ0n) is 20.0. The predicted octanol–water partition coefficient (Wildman–Crippen LogP) is 5.73. The summed E-state index contributed by atoms with van der Waals surface area (Å²) in [6, 6.07) is 22.4. The normalized spacial score (nSPS) is 24.2. The van der Waals surface area contributed by atoms with Gasteiger partial charge in [0, 0.05) is 22.5 Å². The lowest BCUT2D eigenvalue weighted by molar-refractivity contribution is -0.147. The fourth-order valence-electron chi connectivity index (χ4n) is 6.57. The van der Waals surface area contributed by atoms with Crippen molar-refractivity contribution in [2.45, 2.75) is 44.1 Å². The summed E-state index contributed by atoms with van der Waals surface area (Å²) in [5.74, 6) is -2.16. The molecule has 2 bridgehead atoms. The van der Waals surface area contributed by atoms with Crippen molar-refractivity contribution in [1.29, 1.82) is 0 Å². The summed E-state index contributed by atoms with van der Waals surface area (Å²) in [6.45, 7) is 2.03. The molecule has 3 amide bonds. The molecule has 36 heavy (non-hydrogen) atoms. The molecule has 5 nitrogen and oxygen atoms in total. The van der Waals surface area contributed by atoms with Gasteiger partial charge in [0.15, 0.2) is 0 Å². The van der Waals surface area contributed by atoms with Crippen molar-refractivity contribution in [3.05, 3.63) is 100 Å². The molecule has 3 aromatic carbocycles. The molecule has 3 aromatic rings. The van der Waals surface area contributed by atoms with Crippen LogP contribution < -0.4 is 5.32 Å². The van der Waals surface area contributed by atoms with E-state index in [-0.39, 0.29) is 29.6 Å². The van der Waals surface area contributed by atoms with E-state index in [9.17, 15) is 14.4 Å². The van der Waals surface area contributed by atoms with Gasteiger partial charge in [-0.3, -0.25) is 19.3 Å². The number of imide groups is 1. The number of halogens is 1. The zero-order chi connectivity index (χ0) is 25.0. The molecule has 1 heterocycles. The van der Waals surface area contributed by atoms with Gasteiger partial charge in [0.05, 0.1) is 11.8 Å². The van der Waals surface area contributed by atoms with E-state index in [0.29, 0.717) is 17.1 Å². The van der Waals surface area contributed by atoms with Crippen molar-refractivity contribution < 1.29 is 14.4 Å². The van der Waals surface area contributed by atoms with Gasteiger partial charge in [0.2, 0.25) is 17.7 Å². The van der Waals surface area contributed by atoms with E-state index in [1.54, 1.807) is 24.3 Å². The van der Waals surface area contributed by atoms with Gasteiger partial charge < -0.3 is 5.32 Å². The fraction of sp³-hybridized carbons (Fsp3) is 0.300. The number of unbranched alkanes of at least 4 members (excludes halogenated alkanes) is 1. The van der Waals surface area contributed by atoms with Crippen molar-refractivity contribution in [2.75, 3.05) is 5.32 Å². The Morgan fingerprint density at radius 2 is 1.39 bits per heavy atom. The number of nitrogens with one attached hydrogen (secondary N) is 1. The maximum atomic E-state index is 14.1. The second-order valence-electron chi connectivity index (χ2n) is 9.97. The fourth-order valence-corrected chi connectivity index (χ4v) is 6.76. The summed E-state index contributed by atoms with van der Waals surface area (Å²) >= 11 is 6.11. The van der Waals surface area contributed by atoms with Gasteiger partial charge >= 0.3 is 0 Å². The largest absolute Gasteiger partial charge is 0.324 e. The molecule has 1 saturated heterocycles. The average molecular weight is 499 g/mol. The molecule has 3 aliphatic carbocycles. The van der Waals surface area contributed by atoms with Crippen molar-refractivity contribution in [1.82, 2.24) is 4.90 Å². The van der Waals surface area contributed by atoms with Gasteiger partial charge in [-0.1, -0.05) is 86.0 Å². The van der Waals surface area contributed by atoms with E-state index in [1.165, 1.54) is 4.90 Å². The molecule has 4 aliphatic rings. The Balaban J connectivity index is 1.40. The molecule has 1 aliphatic heterocycles. The molecule has 1 N–H and O–H groups in total. The Bertz CT molecular complexity index is 1270.